The fraction of sp³-hybridized carbons (Fsp3) is 0.0769. The molecule has 0 unspecified atom stereocenters. The third-order valence-electron chi connectivity index (χ3n) is 2.15. The molecule has 1 aromatic heterocycles. The zero-order valence-corrected chi connectivity index (χ0v) is 12.7. The molecule has 2 aromatic rings. The van der Waals surface area contributed by atoms with Crippen molar-refractivity contribution in [1.82, 2.24) is 4.98 Å². The number of carbonyl (C=O) groups excluding carboxylic acids is 1. The molecule has 0 aliphatic rings. The quantitative estimate of drug-likeness (QED) is 0.661. The van der Waals surface area contributed by atoms with E-state index < -0.39 is 0 Å². The SMILES string of the molecule is Cc1nc(/C=C/C(=O)Nc2ccc(I)cc2)cs1. The second-order valence-electron chi connectivity index (χ2n) is 3.62. The van der Waals surface area contributed by atoms with Gasteiger partial charge in [0.2, 0.25) is 5.91 Å². The molecule has 0 spiro atoms. The summed E-state index contributed by atoms with van der Waals surface area (Å²) in [5.41, 5.74) is 1.61. The number of halogens is 1. The molecule has 0 bridgehead atoms. The van der Waals surface area contributed by atoms with Gasteiger partial charge < -0.3 is 5.32 Å². The summed E-state index contributed by atoms with van der Waals surface area (Å²) in [6.45, 7) is 1.94. The van der Waals surface area contributed by atoms with Crippen molar-refractivity contribution in [2.24, 2.45) is 0 Å². The van der Waals surface area contributed by atoms with Crippen LogP contribution in [0.2, 0.25) is 0 Å². The van der Waals surface area contributed by atoms with Crippen LogP contribution in [-0.2, 0) is 4.79 Å². The summed E-state index contributed by atoms with van der Waals surface area (Å²) in [4.78, 5) is 15.9. The molecule has 0 aliphatic heterocycles. The minimum atomic E-state index is -0.151. The van der Waals surface area contributed by atoms with Gasteiger partial charge in [0.25, 0.3) is 0 Å². The molecule has 1 N–H and O–H groups in total. The fourth-order valence-electron chi connectivity index (χ4n) is 1.33. The maximum atomic E-state index is 11.7. The van der Waals surface area contributed by atoms with Crippen LogP contribution in [-0.4, -0.2) is 10.9 Å². The topological polar surface area (TPSA) is 42.0 Å². The number of anilines is 1. The number of thiazole rings is 1. The summed E-state index contributed by atoms with van der Waals surface area (Å²) in [6.07, 6.45) is 3.21. The second-order valence-corrected chi connectivity index (χ2v) is 5.93. The summed E-state index contributed by atoms with van der Waals surface area (Å²) >= 11 is 3.79. The van der Waals surface area contributed by atoms with E-state index in [-0.39, 0.29) is 5.91 Å². The van der Waals surface area contributed by atoms with Crippen LogP contribution in [0.3, 0.4) is 0 Å². The van der Waals surface area contributed by atoms with E-state index >= 15 is 0 Å². The van der Waals surface area contributed by atoms with Crippen LogP contribution in [0, 0.1) is 10.5 Å². The maximum Gasteiger partial charge on any atom is 0.248 e. The number of carbonyl (C=O) groups is 1. The van der Waals surface area contributed by atoms with Crippen molar-refractivity contribution in [2.45, 2.75) is 6.92 Å². The van der Waals surface area contributed by atoms with E-state index in [9.17, 15) is 4.79 Å². The van der Waals surface area contributed by atoms with Crippen LogP contribution in [0.1, 0.15) is 10.7 Å². The molecule has 1 amide bonds. The number of hydrogen-bond acceptors (Lipinski definition) is 3. The molecule has 0 saturated carbocycles. The Morgan fingerprint density at radius 3 is 2.72 bits per heavy atom. The first-order chi connectivity index (χ1) is 8.63. The molecule has 92 valence electrons. The number of hydrogen-bond donors (Lipinski definition) is 1. The molecule has 5 heteroatoms. The van der Waals surface area contributed by atoms with Gasteiger partial charge in [0.1, 0.15) is 0 Å². The van der Waals surface area contributed by atoms with Crippen molar-refractivity contribution in [3.8, 4) is 0 Å². The number of nitrogens with one attached hydrogen (secondary N) is 1. The Morgan fingerprint density at radius 2 is 2.11 bits per heavy atom. The molecule has 1 heterocycles. The highest BCUT2D eigenvalue weighted by Crippen LogP contribution is 2.12. The largest absolute Gasteiger partial charge is 0.323 e. The lowest BCUT2D eigenvalue weighted by molar-refractivity contribution is -0.111. The van der Waals surface area contributed by atoms with Crippen molar-refractivity contribution >= 4 is 51.6 Å². The Bertz CT molecular complexity index is 575. The molecule has 0 saturated heterocycles. The first kappa shape index (κ1) is 13.2. The van der Waals surface area contributed by atoms with E-state index in [1.807, 2.05) is 36.6 Å². The third-order valence-corrected chi connectivity index (χ3v) is 3.66. The highest BCUT2D eigenvalue weighted by molar-refractivity contribution is 14.1. The average Bonchev–Trinajstić information content (AvgIpc) is 2.76. The van der Waals surface area contributed by atoms with E-state index in [2.05, 4.69) is 32.9 Å². The predicted molar refractivity (Wildman–Crippen MR) is 83.7 cm³/mol. The molecule has 3 nitrogen and oxygen atoms in total. The monoisotopic (exact) mass is 370 g/mol. The van der Waals surface area contributed by atoms with Gasteiger partial charge in [0.15, 0.2) is 0 Å². The number of aryl methyl sites for hydroxylation is 1. The molecule has 0 fully saturated rings. The smallest absolute Gasteiger partial charge is 0.248 e. The first-order valence-electron chi connectivity index (χ1n) is 5.30. The van der Waals surface area contributed by atoms with Gasteiger partial charge in [-0.2, -0.15) is 0 Å². The number of benzene rings is 1. The summed E-state index contributed by atoms with van der Waals surface area (Å²) in [5.74, 6) is -0.151. The Morgan fingerprint density at radius 1 is 1.39 bits per heavy atom. The van der Waals surface area contributed by atoms with E-state index in [0.717, 1.165) is 20.0 Å². The van der Waals surface area contributed by atoms with Crippen LogP contribution in [0.4, 0.5) is 5.69 Å². The maximum absolute atomic E-state index is 11.7. The summed E-state index contributed by atoms with van der Waals surface area (Å²) < 4.78 is 1.14. The lowest BCUT2D eigenvalue weighted by atomic mass is 10.3. The number of aromatic nitrogens is 1. The normalized spacial score (nSPS) is 10.8. The molecule has 18 heavy (non-hydrogen) atoms. The van der Waals surface area contributed by atoms with Gasteiger partial charge in [-0.3, -0.25) is 4.79 Å². The zero-order chi connectivity index (χ0) is 13.0. The number of nitrogens with zero attached hydrogens (tertiary/aromatic N) is 1. The molecule has 2 rings (SSSR count). The third kappa shape index (κ3) is 3.92. The van der Waals surface area contributed by atoms with Gasteiger partial charge in [-0.05, 0) is 59.9 Å². The summed E-state index contributed by atoms with van der Waals surface area (Å²) in [6, 6.07) is 7.65. The fourth-order valence-corrected chi connectivity index (χ4v) is 2.28. The van der Waals surface area contributed by atoms with Gasteiger partial charge in [0, 0.05) is 20.7 Å². The van der Waals surface area contributed by atoms with Crippen molar-refractivity contribution < 1.29 is 4.79 Å². The Labute approximate surface area is 123 Å². The molecule has 0 radical (unpaired) electrons. The van der Waals surface area contributed by atoms with Gasteiger partial charge >= 0.3 is 0 Å². The highest BCUT2D eigenvalue weighted by atomic mass is 127. The number of rotatable bonds is 3. The molecular formula is C13H11IN2OS. The van der Waals surface area contributed by atoms with Crippen molar-refractivity contribution in [3.05, 3.63) is 50.0 Å². The predicted octanol–water partition coefficient (Wildman–Crippen LogP) is 3.71. The van der Waals surface area contributed by atoms with Gasteiger partial charge in [-0.1, -0.05) is 0 Å². The minimum absolute atomic E-state index is 0.151. The Balaban J connectivity index is 1.96. The zero-order valence-electron chi connectivity index (χ0n) is 9.68. The van der Waals surface area contributed by atoms with E-state index in [1.165, 1.54) is 6.08 Å². The van der Waals surface area contributed by atoms with Crippen molar-refractivity contribution in [3.63, 3.8) is 0 Å². The summed E-state index contributed by atoms with van der Waals surface area (Å²) in [7, 11) is 0. The molecule has 1 aromatic carbocycles. The average molecular weight is 370 g/mol. The van der Waals surface area contributed by atoms with Gasteiger partial charge in [-0.15, -0.1) is 11.3 Å². The lowest BCUT2D eigenvalue weighted by Crippen LogP contribution is -2.07. The second kappa shape index (κ2) is 6.10. The Kier molecular flexibility index (Phi) is 4.48. The van der Waals surface area contributed by atoms with Crippen molar-refractivity contribution in [2.75, 3.05) is 5.32 Å². The molecule has 0 atom stereocenters. The standard InChI is InChI=1S/C13H11IN2OS/c1-9-15-12(8-18-9)6-7-13(17)16-11-4-2-10(14)3-5-11/h2-8H,1H3,(H,16,17)/b7-6+. The lowest BCUT2D eigenvalue weighted by Gasteiger charge is -2.01. The van der Waals surface area contributed by atoms with Crippen LogP contribution in [0.15, 0.2) is 35.7 Å². The van der Waals surface area contributed by atoms with E-state index in [0.29, 0.717) is 0 Å². The van der Waals surface area contributed by atoms with E-state index in [1.54, 1.807) is 17.4 Å². The number of amides is 1. The highest BCUT2D eigenvalue weighted by Gasteiger charge is 1.98. The van der Waals surface area contributed by atoms with Crippen LogP contribution in [0.5, 0.6) is 0 Å². The van der Waals surface area contributed by atoms with Gasteiger partial charge in [0.05, 0.1) is 10.7 Å². The van der Waals surface area contributed by atoms with Crippen LogP contribution in [0.25, 0.3) is 6.08 Å². The van der Waals surface area contributed by atoms with Crippen LogP contribution < -0.4 is 5.32 Å². The molecular weight excluding hydrogens is 359 g/mol. The van der Waals surface area contributed by atoms with Crippen molar-refractivity contribution in [1.29, 1.82) is 0 Å². The molecule has 0 aliphatic carbocycles. The van der Waals surface area contributed by atoms with Gasteiger partial charge in [-0.25, -0.2) is 4.98 Å². The van der Waals surface area contributed by atoms with Crippen LogP contribution >= 0.6 is 33.9 Å². The first-order valence-corrected chi connectivity index (χ1v) is 7.26. The summed E-state index contributed by atoms with van der Waals surface area (Å²) in [5, 5.41) is 5.71. The van der Waals surface area contributed by atoms with E-state index in [4.69, 9.17) is 0 Å². The minimum Gasteiger partial charge on any atom is -0.323 e. The Hall–Kier alpha value is -1.21.